The Morgan fingerprint density at radius 2 is 1.76 bits per heavy atom. The van der Waals surface area contributed by atoms with Gasteiger partial charge in [0.05, 0.1) is 0 Å². The van der Waals surface area contributed by atoms with Crippen molar-refractivity contribution in [3.8, 4) is 16.9 Å². The summed E-state index contributed by atoms with van der Waals surface area (Å²) in [5, 5.41) is 0. The zero-order valence-corrected chi connectivity index (χ0v) is 15.1. The van der Waals surface area contributed by atoms with Crippen LogP contribution in [0, 0.1) is 0 Å². The summed E-state index contributed by atoms with van der Waals surface area (Å²) >= 11 is 0. The quantitative estimate of drug-likeness (QED) is 0.808. The molecule has 1 amide bonds. The highest BCUT2D eigenvalue weighted by Crippen LogP contribution is 2.23. The Kier molecular flexibility index (Phi) is 5.71. The molecule has 0 radical (unpaired) electrons. The van der Waals surface area contributed by atoms with Gasteiger partial charge in [-0.15, -0.1) is 0 Å². The lowest BCUT2D eigenvalue weighted by Crippen LogP contribution is -2.25. The molecule has 1 aliphatic heterocycles. The van der Waals surface area contributed by atoms with Crippen molar-refractivity contribution in [3.63, 3.8) is 0 Å². The number of hydrogen-bond acceptors (Lipinski definition) is 3. The Bertz CT molecular complexity index is 704. The number of carbonyl (C=O) groups is 1. The minimum absolute atomic E-state index is 0.0173. The SMILES string of the molecule is CN(C)C(=O)c1cccc(-c2ccc(OCCN3CCCC3)cc2)c1. The van der Waals surface area contributed by atoms with Gasteiger partial charge < -0.3 is 9.64 Å². The molecule has 0 atom stereocenters. The molecule has 4 nitrogen and oxygen atoms in total. The Balaban J connectivity index is 1.61. The summed E-state index contributed by atoms with van der Waals surface area (Å²) in [6.45, 7) is 4.12. The van der Waals surface area contributed by atoms with Crippen molar-refractivity contribution in [3.05, 3.63) is 54.1 Å². The van der Waals surface area contributed by atoms with Gasteiger partial charge in [0.1, 0.15) is 12.4 Å². The minimum atomic E-state index is 0.0173. The highest BCUT2D eigenvalue weighted by Gasteiger charge is 2.11. The van der Waals surface area contributed by atoms with Crippen LogP contribution >= 0.6 is 0 Å². The van der Waals surface area contributed by atoms with E-state index in [1.165, 1.54) is 25.9 Å². The van der Waals surface area contributed by atoms with Crippen LogP contribution in [0.1, 0.15) is 23.2 Å². The Morgan fingerprint density at radius 1 is 1.04 bits per heavy atom. The molecule has 0 saturated carbocycles. The number of benzene rings is 2. The van der Waals surface area contributed by atoms with E-state index in [9.17, 15) is 4.79 Å². The van der Waals surface area contributed by atoms with E-state index in [1.54, 1.807) is 19.0 Å². The van der Waals surface area contributed by atoms with Crippen molar-refractivity contribution >= 4 is 5.91 Å². The lowest BCUT2D eigenvalue weighted by Gasteiger charge is -2.15. The van der Waals surface area contributed by atoms with E-state index >= 15 is 0 Å². The van der Waals surface area contributed by atoms with Gasteiger partial charge in [0.2, 0.25) is 0 Å². The van der Waals surface area contributed by atoms with Crippen LogP contribution < -0.4 is 4.74 Å². The summed E-state index contributed by atoms with van der Waals surface area (Å²) in [7, 11) is 3.53. The van der Waals surface area contributed by atoms with E-state index in [1.807, 2.05) is 48.5 Å². The van der Waals surface area contributed by atoms with E-state index in [2.05, 4.69) is 4.90 Å². The lowest BCUT2D eigenvalue weighted by atomic mass is 10.0. The molecule has 0 aliphatic carbocycles. The van der Waals surface area contributed by atoms with Crippen molar-refractivity contribution in [2.45, 2.75) is 12.8 Å². The van der Waals surface area contributed by atoms with Gasteiger partial charge in [-0.3, -0.25) is 9.69 Å². The molecule has 0 unspecified atom stereocenters. The third-order valence-corrected chi connectivity index (χ3v) is 4.58. The fourth-order valence-corrected chi connectivity index (χ4v) is 3.13. The van der Waals surface area contributed by atoms with Crippen molar-refractivity contribution in [1.82, 2.24) is 9.80 Å². The number of likely N-dealkylation sites (tertiary alicyclic amines) is 1. The monoisotopic (exact) mass is 338 g/mol. The fourth-order valence-electron chi connectivity index (χ4n) is 3.13. The Morgan fingerprint density at radius 3 is 2.44 bits per heavy atom. The second-order valence-corrected chi connectivity index (χ2v) is 6.70. The third-order valence-electron chi connectivity index (χ3n) is 4.58. The number of carbonyl (C=O) groups excluding carboxylic acids is 1. The molecular weight excluding hydrogens is 312 g/mol. The van der Waals surface area contributed by atoms with Crippen molar-refractivity contribution in [2.75, 3.05) is 40.3 Å². The molecule has 0 spiro atoms. The Labute approximate surface area is 150 Å². The van der Waals surface area contributed by atoms with Gasteiger partial charge in [-0.05, 0) is 61.3 Å². The maximum absolute atomic E-state index is 12.1. The molecule has 3 rings (SSSR count). The molecule has 2 aromatic rings. The topological polar surface area (TPSA) is 32.8 Å². The Hall–Kier alpha value is -2.33. The van der Waals surface area contributed by atoms with Gasteiger partial charge in [0.15, 0.2) is 0 Å². The summed E-state index contributed by atoms with van der Waals surface area (Å²) in [6, 6.07) is 15.8. The molecule has 1 fully saturated rings. The normalized spacial score (nSPS) is 14.5. The van der Waals surface area contributed by atoms with E-state index in [0.29, 0.717) is 5.56 Å². The predicted octanol–water partition coefficient (Wildman–Crippen LogP) is 3.53. The summed E-state index contributed by atoms with van der Waals surface area (Å²) in [5.41, 5.74) is 2.82. The van der Waals surface area contributed by atoms with Crippen LogP contribution in [0.25, 0.3) is 11.1 Å². The fraction of sp³-hybridized carbons (Fsp3) is 0.381. The van der Waals surface area contributed by atoms with Gasteiger partial charge in [0, 0.05) is 26.2 Å². The van der Waals surface area contributed by atoms with Crippen LogP contribution in [0.5, 0.6) is 5.75 Å². The van der Waals surface area contributed by atoms with Gasteiger partial charge in [0.25, 0.3) is 5.91 Å². The zero-order valence-electron chi connectivity index (χ0n) is 15.1. The van der Waals surface area contributed by atoms with Gasteiger partial charge in [-0.25, -0.2) is 0 Å². The number of nitrogens with zero attached hydrogens (tertiary/aromatic N) is 2. The molecule has 1 saturated heterocycles. The van der Waals surface area contributed by atoms with Crippen LogP contribution in [0.2, 0.25) is 0 Å². The average Bonchev–Trinajstić information content (AvgIpc) is 3.15. The highest BCUT2D eigenvalue weighted by molar-refractivity contribution is 5.95. The summed E-state index contributed by atoms with van der Waals surface area (Å²) in [6.07, 6.45) is 2.62. The van der Waals surface area contributed by atoms with Crippen molar-refractivity contribution in [2.24, 2.45) is 0 Å². The molecule has 4 heteroatoms. The lowest BCUT2D eigenvalue weighted by molar-refractivity contribution is 0.0827. The number of amides is 1. The van der Waals surface area contributed by atoms with Gasteiger partial charge >= 0.3 is 0 Å². The summed E-state index contributed by atoms with van der Waals surface area (Å²) < 4.78 is 5.85. The maximum atomic E-state index is 12.1. The standard InChI is InChI=1S/C21H26N2O2/c1-22(2)21(24)19-7-5-6-18(16-19)17-8-10-20(11-9-17)25-15-14-23-12-3-4-13-23/h5-11,16H,3-4,12-15H2,1-2H3. The first-order valence-corrected chi connectivity index (χ1v) is 8.91. The predicted molar refractivity (Wildman–Crippen MR) is 101 cm³/mol. The average molecular weight is 338 g/mol. The van der Waals surface area contributed by atoms with Crippen LogP contribution in [0.3, 0.4) is 0 Å². The first kappa shape index (κ1) is 17.5. The highest BCUT2D eigenvalue weighted by atomic mass is 16.5. The molecule has 1 aliphatic rings. The van der Waals surface area contributed by atoms with Crippen LogP contribution in [-0.4, -0.2) is 56.0 Å². The maximum Gasteiger partial charge on any atom is 0.253 e. The largest absolute Gasteiger partial charge is 0.492 e. The molecule has 132 valence electrons. The molecule has 0 bridgehead atoms. The van der Waals surface area contributed by atoms with Gasteiger partial charge in [-0.2, -0.15) is 0 Å². The summed E-state index contributed by atoms with van der Waals surface area (Å²) in [5.74, 6) is 0.909. The van der Waals surface area contributed by atoms with Crippen molar-refractivity contribution in [1.29, 1.82) is 0 Å². The minimum Gasteiger partial charge on any atom is -0.492 e. The second kappa shape index (κ2) is 8.17. The molecule has 2 aromatic carbocycles. The zero-order chi connectivity index (χ0) is 17.6. The van der Waals surface area contributed by atoms with E-state index in [4.69, 9.17) is 4.74 Å². The first-order chi connectivity index (χ1) is 12.1. The van der Waals surface area contributed by atoms with E-state index < -0.39 is 0 Å². The van der Waals surface area contributed by atoms with E-state index in [-0.39, 0.29) is 5.91 Å². The number of ether oxygens (including phenoxy) is 1. The molecule has 1 heterocycles. The first-order valence-electron chi connectivity index (χ1n) is 8.91. The number of hydrogen-bond donors (Lipinski definition) is 0. The van der Waals surface area contributed by atoms with Crippen LogP contribution in [0.15, 0.2) is 48.5 Å². The smallest absolute Gasteiger partial charge is 0.253 e. The molecule has 0 aromatic heterocycles. The molecule has 25 heavy (non-hydrogen) atoms. The van der Waals surface area contributed by atoms with Crippen molar-refractivity contribution < 1.29 is 9.53 Å². The summed E-state index contributed by atoms with van der Waals surface area (Å²) in [4.78, 5) is 16.2. The second-order valence-electron chi connectivity index (χ2n) is 6.70. The van der Waals surface area contributed by atoms with Gasteiger partial charge in [-0.1, -0.05) is 24.3 Å². The van der Waals surface area contributed by atoms with E-state index in [0.717, 1.165) is 30.0 Å². The number of rotatable bonds is 6. The van der Waals surface area contributed by atoms with Crippen LogP contribution in [-0.2, 0) is 0 Å². The van der Waals surface area contributed by atoms with Crippen LogP contribution in [0.4, 0.5) is 0 Å². The molecular formula is C21H26N2O2. The molecule has 0 N–H and O–H groups in total. The third kappa shape index (κ3) is 4.60.